The van der Waals surface area contributed by atoms with Gasteiger partial charge >= 0.3 is 0 Å². The van der Waals surface area contributed by atoms with Crippen LogP contribution in [0.3, 0.4) is 0 Å². The summed E-state index contributed by atoms with van der Waals surface area (Å²) in [5.41, 5.74) is 3.01. The molecule has 0 saturated carbocycles. The minimum absolute atomic E-state index is 0.00294. The van der Waals surface area contributed by atoms with Crippen molar-refractivity contribution in [1.82, 2.24) is 24.7 Å². The molecule has 0 aliphatic carbocycles. The fourth-order valence-corrected chi connectivity index (χ4v) is 6.10. The van der Waals surface area contributed by atoms with Crippen molar-refractivity contribution in [2.45, 2.75) is 33.2 Å². The highest BCUT2D eigenvalue weighted by molar-refractivity contribution is 7.21. The SMILES string of the molecule is CNC(=O)c1sc2cc(Oc3ccnn4cc(C(=O)N5CC[C@@H](N(C)C(C)=O)C5)c(C)c34)ccc2c1C. The third kappa shape index (κ3) is 4.31. The van der Waals surface area contributed by atoms with Crippen molar-refractivity contribution >= 4 is 44.7 Å². The van der Waals surface area contributed by atoms with Gasteiger partial charge in [0.2, 0.25) is 5.91 Å². The van der Waals surface area contributed by atoms with E-state index in [1.54, 1.807) is 53.8 Å². The van der Waals surface area contributed by atoms with Crippen LogP contribution in [0.1, 0.15) is 44.5 Å². The summed E-state index contributed by atoms with van der Waals surface area (Å²) in [6.45, 7) is 6.49. The van der Waals surface area contributed by atoms with Crippen LogP contribution in [-0.4, -0.2) is 70.4 Å². The average Bonchev–Trinajstić information content (AvgIpc) is 3.59. The third-order valence-electron chi connectivity index (χ3n) is 7.19. The number of carbonyl (C=O) groups is 3. The van der Waals surface area contributed by atoms with Crippen LogP contribution < -0.4 is 10.1 Å². The number of likely N-dealkylation sites (tertiary alicyclic amines) is 1. The summed E-state index contributed by atoms with van der Waals surface area (Å²) in [5.74, 6) is 1.03. The van der Waals surface area contributed by atoms with E-state index in [0.29, 0.717) is 35.0 Å². The first-order valence-electron chi connectivity index (χ1n) is 12.1. The van der Waals surface area contributed by atoms with Crippen LogP contribution in [-0.2, 0) is 4.79 Å². The number of hydrogen-bond acceptors (Lipinski definition) is 6. The number of rotatable bonds is 5. The van der Waals surface area contributed by atoms with E-state index < -0.39 is 0 Å². The van der Waals surface area contributed by atoms with Crippen LogP contribution in [0.2, 0.25) is 0 Å². The number of likely N-dealkylation sites (N-methyl/N-ethyl adjacent to an activating group) is 1. The second kappa shape index (κ2) is 9.51. The Kier molecular flexibility index (Phi) is 6.36. The lowest BCUT2D eigenvalue weighted by Crippen LogP contribution is -2.39. The minimum atomic E-state index is -0.102. The van der Waals surface area contributed by atoms with Crippen molar-refractivity contribution in [3.63, 3.8) is 0 Å². The van der Waals surface area contributed by atoms with Gasteiger partial charge in [0.1, 0.15) is 11.3 Å². The van der Waals surface area contributed by atoms with Crippen LogP contribution in [0.15, 0.2) is 36.7 Å². The van der Waals surface area contributed by atoms with Crippen molar-refractivity contribution < 1.29 is 19.1 Å². The lowest BCUT2D eigenvalue weighted by molar-refractivity contribution is -0.129. The third-order valence-corrected chi connectivity index (χ3v) is 8.44. The molecule has 1 atom stereocenters. The van der Waals surface area contributed by atoms with Crippen molar-refractivity contribution in [2.75, 3.05) is 27.2 Å². The van der Waals surface area contributed by atoms with Crippen molar-refractivity contribution in [2.24, 2.45) is 0 Å². The van der Waals surface area contributed by atoms with Crippen LogP contribution in [0.4, 0.5) is 0 Å². The molecule has 1 aliphatic heterocycles. The number of fused-ring (bicyclic) bond motifs is 2. The summed E-state index contributed by atoms with van der Waals surface area (Å²) < 4.78 is 8.92. The predicted molar refractivity (Wildman–Crippen MR) is 143 cm³/mol. The second-order valence-corrected chi connectivity index (χ2v) is 10.4. The zero-order valence-corrected chi connectivity index (χ0v) is 22.3. The summed E-state index contributed by atoms with van der Waals surface area (Å²) in [7, 11) is 3.40. The van der Waals surface area contributed by atoms with Gasteiger partial charge in [0.15, 0.2) is 5.75 Å². The van der Waals surface area contributed by atoms with Gasteiger partial charge in [-0.15, -0.1) is 11.3 Å². The van der Waals surface area contributed by atoms with Crippen molar-refractivity contribution in [1.29, 1.82) is 0 Å². The van der Waals surface area contributed by atoms with E-state index >= 15 is 0 Å². The standard InChI is InChI=1S/C27H29N5O4S/c1-15-21(27(35)31-11-9-18(13-31)30(5)17(3)33)14-32-24(15)22(8-10-29-32)36-19-6-7-20-16(2)25(26(34)28-4)37-23(20)12-19/h6-8,10,12,14,18H,9,11,13H2,1-5H3,(H,28,34)/t18-/m1/s1. The van der Waals surface area contributed by atoms with Crippen molar-refractivity contribution in [3.8, 4) is 11.5 Å². The zero-order chi connectivity index (χ0) is 26.4. The summed E-state index contributed by atoms with van der Waals surface area (Å²) in [6.07, 6.45) is 4.14. The van der Waals surface area contributed by atoms with Gasteiger partial charge in [-0.1, -0.05) is 0 Å². The van der Waals surface area contributed by atoms with E-state index in [1.807, 2.05) is 32.0 Å². The largest absolute Gasteiger partial charge is 0.455 e. The molecule has 37 heavy (non-hydrogen) atoms. The normalized spacial score (nSPS) is 15.4. The maximum atomic E-state index is 13.4. The number of hydrogen-bond donors (Lipinski definition) is 1. The first-order valence-corrected chi connectivity index (χ1v) is 12.9. The van der Waals surface area contributed by atoms with Gasteiger partial charge in [-0.3, -0.25) is 14.4 Å². The van der Waals surface area contributed by atoms with E-state index in [1.165, 1.54) is 11.3 Å². The van der Waals surface area contributed by atoms with Crippen LogP contribution >= 0.6 is 11.3 Å². The molecule has 1 saturated heterocycles. The molecular weight excluding hydrogens is 490 g/mol. The molecule has 4 aromatic rings. The molecule has 1 aliphatic rings. The molecule has 192 valence electrons. The molecule has 0 bridgehead atoms. The highest BCUT2D eigenvalue weighted by Gasteiger charge is 2.32. The Balaban J connectivity index is 1.44. The Bertz CT molecular complexity index is 1560. The van der Waals surface area contributed by atoms with Gasteiger partial charge < -0.3 is 19.9 Å². The fraction of sp³-hybridized carbons (Fsp3) is 0.333. The monoisotopic (exact) mass is 519 g/mol. The van der Waals surface area contributed by atoms with Gasteiger partial charge in [0, 0.05) is 51.1 Å². The summed E-state index contributed by atoms with van der Waals surface area (Å²) in [5, 5.41) is 8.11. The van der Waals surface area contributed by atoms with Gasteiger partial charge in [0.05, 0.1) is 22.7 Å². The number of thiophene rings is 1. The molecule has 0 unspecified atom stereocenters. The number of nitrogens with zero attached hydrogens (tertiary/aromatic N) is 4. The highest BCUT2D eigenvalue weighted by Crippen LogP contribution is 2.36. The van der Waals surface area contributed by atoms with Crippen LogP contribution in [0.25, 0.3) is 15.6 Å². The van der Waals surface area contributed by atoms with Crippen LogP contribution in [0.5, 0.6) is 11.5 Å². The van der Waals surface area contributed by atoms with Gasteiger partial charge in [-0.2, -0.15) is 5.10 Å². The molecule has 1 N–H and O–H groups in total. The van der Waals surface area contributed by atoms with E-state index in [-0.39, 0.29) is 23.8 Å². The predicted octanol–water partition coefficient (Wildman–Crippen LogP) is 4.01. The zero-order valence-electron chi connectivity index (χ0n) is 21.5. The molecule has 1 fully saturated rings. The maximum Gasteiger partial charge on any atom is 0.261 e. The molecule has 0 spiro atoms. The van der Waals surface area contributed by atoms with E-state index in [0.717, 1.165) is 33.2 Å². The highest BCUT2D eigenvalue weighted by atomic mass is 32.1. The lowest BCUT2D eigenvalue weighted by Gasteiger charge is -2.23. The average molecular weight is 520 g/mol. The van der Waals surface area contributed by atoms with Crippen molar-refractivity contribution in [3.05, 3.63) is 58.2 Å². The van der Waals surface area contributed by atoms with Gasteiger partial charge in [-0.25, -0.2) is 4.52 Å². The molecule has 10 heteroatoms. The minimum Gasteiger partial charge on any atom is -0.455 e. The number of ether oxygens (including phenoxy) is 1. The first-order chi connectivity index (χ1) is 17.7. The number of nitrogens with one attached hydrogen (secondary N) is 1. The molecule has 5 rings (SSSR count). The molecule has 0 radical (unpaired) electrons. The maximum absolute atomic E-state index is 13.4. The Morgan fingerprint density at radius 3 is 2.70 bits per heavy atom. The summed E-state index contributed by atoms with van der Waals surface area (Å²) in [4.78, 5) is 41.6. The molecule has 3 amide bonds. The fourth-order valence-electron chi connectivity index (χ4n) is 4.92. The first kappa shape index (κ1) is 24.8. The number of carbonyl (C=O) groups excluding carboxylic acids is 3. The van der Waals surface area contributed by atoms with Gasteiger partial charge in [-0.05, 0) is 55.0 Å². The number of aromatic nitrogens is 2. The Labute approximate surface area is 218 Å². The quantitative estimate of drug-likeness (QED) is 0.430. The van der Waals surface area contributed by atoms with E-state index in [4.69, 9.17) is 4.74 Å². The second-order valence-electron chi connectivity index (χ2n) is 9.38. The Hall–Kier alpha value is -3.92. The number of amides is 3. The molecule has 1 aromatic carbocycles. The summed E-state index contributed by atoms with van der Waals surface area (Å²) in [6, 6.07) is 7.58. The number of benzene rings is 1. The molecule has 3 aromatic heterocycles. The number of aryl methyl sites for hydroxylation is 2. The van der Waals surface area contributed by atoms with Gasteiger partial charge in [0.25, 0.3) is 11.8 Å². The molecular formula is C27H29N5O4S. The molecule has 9 nitrogen and oxygen atoms in total. The summed E-state index contributed by atoms with van der Waals surface area (Å²) >= 11 is 1.43. The topological polar surface area (TPSA) is 96.2 Å². The van der Waals surface area contributed by atoms with E-state index in [9.17, 15) is 14.4 Å². The van der Waals surface area contributed by atoms with E-state index in [2.05, 4.69) is 10.4 Å². The Morgan fingerprint density at radius 1 is 1.19 bits per heavy atom. The lowest BCUT2D eigenvalue weighted by atomic mass is 10.1. The smallest absolute Gasteiger partial charge is 0.261 e. The molecule has 4 heterocycles. The Morgan fingerprint density at radius 2 is 1.97 bits per heavy atom. The van der Waals surface area contributed by atoms with Crippen LogP contribution in [0, 0.1) is 13.8 Å².